The Morgan fingerprint density at radius 2 is 1.56 bits per heavy atom. The summed E-state index contributed by atoms with van der Waals surface area (Å²) in [6.07, 6.45) is 3.14. The lowest BCUT2D eigenvalue weighted by Crippen LogP contribution is -2.22. The minimum Gasteiger partial charge on any atom is -0.316 e. The fraction of sp³-hybridized carbons (Fsp3) is 0.103. The lowest BCUT2D eigenvalue weighted by Gasteiger charge is -2.14. The first-order chi connectivity index (χ1) is 18.7. The van der Waals surface area contributed by atoms with Crippen molar-refractivity contribution in [1.82, 2.24) is 18.1 Å². The second-order valence-electron chi connectivity index (χ2n) is 9.39. The van der Waals surface area contributed by atoms with E-state index < -0.39 is 15.6 Å². The van der Waals surface area contributed by atoms with Gasteiger partial charge in [-0.3, -0.25) is 9.36 Å². The zero-order valence-electron chi connectivity index (χ0n) is 21.4. The Kier molecular flexibility index (Phi) is 5.89. The molecule has 0 radical (unpaired) electrons. The highest BCUT2D eigenvalue weighted by Gasteiger charge is 2.24. The summed E-state index contributed by atoms with van der Waals surface area (Å²) >= 11 is 1.49. The number of aromatic nitrogens is 4. The molecule has 0 fully saturated rings. The van der Waals surface area contributed by atoms with Gasteiger partial charge in [-0.1, -0.05) is 53.7 Å². The van der Waals surface area contributed by atoms with Crippen LogP contribution in [0.5, 0.6) is 0 Å². The number of rotatable bonds is 5. The van der Waals surface area contributed by atoms with E-state index in [2.05, 4.69) is 4.98 Å². The standard InChI is InChI=1S/C29H24N4O4S2/c1-18-9-11-20(12-10-18)39(36,37)33-16-15-21-23(17-31(2)28(34)26(21)33)22-13-14-24-25(30-29(35)32(24)3)27(22)38-19-7-5-4-6-8-19/h4-17H,1-3H3,(H,30,35). The number of benzene rings is 3. The molecule has 39 heavy (non-hydrogen) atoms. The van der Waals surface area contributed by atoms with Gasteiger partial charge < -0.3 is 9.55 Å². The molecule has 0 aliphatic carbocycles. The first-order valence-corrected chi connectivity index (χ1v) is 14.4. The Bertz CT molecular complexity index is 2120. The number of nitrogens with one attached hydrogen (secondary N) is 1. The zero-order valence-corrected chi connectivity index (χ0v) is 23.0. The molecule has 10 heteroatoms. The van der Waals surface area contributed by atoms with E-state index in [0.717, 1.165) is 30.4 Å². The van der Waals surface area contributed by atoms with Crippen LogP contribution < -0.4 is 11.2 Å². The number of hydrogen-bond acceptors (Lipinski definition) is 5. The van der Waals surface area contributed by atoms with Gasteiger partial charge in [0.2, 0.25) is 0 Å². The van der Waals surface area contributed by atoms with E-state index in [1.807, 2.05) is 49.4 Å². The van der Waals surface area contributed by atoms with Crippen molar-refractivity contribution in [2.75, 3.05) is 0 Å². The van der Waals surface area contributed by atoms with Crippen LogP contribution in [0.15, 0.2) is 109 Å². The molecule has 3 aromatic carbocycles. The molecule has 0 atom stereocenters. The first-order valence-electron chi connectivity index (χ1n) is 12.1. The van der Waals surface area contributed by atoms with Crippen LogP contribution in [0.1, 0.15) is 5.56 Å². The van der Waals surface area contributed by atoms with Crippen LogP contribution in [0.25, 0.3) is 33.1 Å². The second-order valence-corrected chi connectivity index (χ2v) is 12.3. The highest BCUT2D eigenvalue weighted by molar-refractivity contribution is 7.99. The van der Waals surface area contributed by atoms with E-state index in [9.17, 15) is 18.0 Å². The summed E-state index contributed by atoms with van der Waals surface area (Å²) in [6.45, 7) is 1.88. The van der Waals surface area contributed by atoms with Crippen molar-refractivity contribution in [3.63, 3.8) is 0 Å². The van der Waals surface area contributed by atoms with E-state index in [0.29, 0.717) is 16.5 Å². The fourth-order valence-electron chi connectivity index (χ4n) is 4.77. The Hall–Kier alpha value is -4.28. The van der Waals surface area contributed by atoms with Gasteiger partial charge >= 0.3 is 5.69 Å². The van der Waals surface area contributed by atoms with Gasteiger partial charge in [-0.2, -0.15) is 0 Å². The number of pyridine rings is 1. The van der Waals surface area contributed by atoms with Gasteiger partial charge in [0.25, 0.3) is 15.6 Å². The number of imidazole rings is 1. The monoisotopic (exact) mass is 556 g/mol. The fourth-order valence-corrected chi connectivity index (χ4v) is 7.19. The summed E-state index contributed by atoms with van der Waals surface area (Å²) in [5.41, 5.74) is 3.18. The summed E-state index contributed by atoms with van der Waals surface area (Å²) in [4.78, 5) is 30.8. The van der Waals surface area contributed by atoms with Gasteiger partial charge in [-0.25, -0.2) is 17.2 Å². The van der Waals surface area contributed by atoms with Crippen LogP contribution in [-0.2, 0) is 24.1 Å². The molecule has 0 amide bonds. The van der Waals surface area contributed by atoms with Crippen LogP contribution in [0, 0.1) is 6.92 Å². The Balaban J connectivity index is 1.65. The number of aryl methyl sites for hydroxylation is 3. The Morgan fingerprint density at radius 3 is 2.28 bits per heavy atom. The maximum absolute atomic E-state index is 13.6. The van der Waals surface area contributed by atoms with E-state index in [4.69, 9.17) is 0 Å². The molecule has 8 nitrogen and oxygen atoms in total. The van der Waals surface area contributed by atoms with Crippen molar-refractivity contribution in [2.45, 2.75) is 21.6 Å². The Labute approximate surface area is 228 Å². The molecule has 0 saturated carbocycles. The number of hydrogen-bond donors (Lipinski definition) is 1. The molecule has 0 saturated heterocycles. The molecule has 3 aromatic heterocycles. The largest absolute Gasteiger partial charge is 0.326 e. The van der Waals surface area contributed by atoms with Crippen LogP contribution >= 0.6 is 11.8 Å². The minimum absolute atomic E-state index is 0.0629. The molecule has 0 aliphatic rings. The van der Waals surface area contributed by atoms with Gasteiger partial charge in [0.15, 0.2) is 0 Å². The molecule has 6 aromatic rings. The number of H-pyrrole nitrogens is 1. The average molecular weight is 557 g/mol. The molecule has 3 heterocycles. The average Bonchev–Trinajstić information content (AvgIpc) is 3.50. The van der Waals surface area contributed by atoms with Gasteiger partial charge in [0.1, 0.15) is 5.52 Å². The number of fused-ring (bicyclic) bond motifs is 2. The molecular formula is C29H24N4O4S2. The van der Waals surface area contributed by atoms with Crippen LogP contribution in [0.2, 0.25) is 0 Å². The lowest BCUT2D eigenvalue weighted by molar-refractivity contribution is 0.589. The minimum atomic E-state index is -4.03. The molecule has 6 rings (SSSR count). The smallest absolute Gasteiger partial charge is 0.316 e. The summed E-state index contributed by atoms with van der Waals surface area (Å²) in [7, 11) is -0.714. The predicted octanol–water partition coefficient (Wildman–Crippen LogP) is 4.88. The molecule has 1 N–H and O–H groups in total. The van der Waals surface area contributed by atoms with Crippen molar-refractivity contribution < 1.29 is 8.42 Å². The quantitative estimate of drug-likeness (QED) is 0.326. The summed E-state index contributed by atoms with van der Waals surface area (Å²) < 4.78 is 31.3. The van der Waals surface area contributed by atoms with E-state index in [1.54, 1.807) is 55.2 Å². The Morgan fingerprint density at radius 1 is 0.846 bits per heavy atom. The SMILES string of the molecule is Cc1ccc(S(=O)(=O)n2ccc3c(-c4ccc5c([nH]c(=O)n5C)c4Sc4ccccc4)cn(C)c(=O)c32)cc1. The summed E-state index contributed by atoms with van der Waals surface area (Å²) in [5, 5.41) is 0.501. The molecular weight excluding hydrogens is 532 g/mol. The normalized spacial score (nSPS) is 12.0. The van der Waals surface area contributed by atoms with Gasteiger partial charge in [0, 0.05) is 52.8 Å². The van der Waals surface area contributed by atoms with Crippen LogP contribution in [0.3, 0.4) is 0 Å². The van der Waals surface area contributed by atoms with Crippen molar-refractivity contribution in [1.29, 1.82) is 0 Å². The molecule has 0 bridgehead atoms. The number of aromatic amines is 1. The topological polar surface area (TPSA) is 98.9 Å². The maximum atomic E-state index is 13.6. The van der Waals surface area contributed by atoms with Crippen molar-refractivity contribution in [3.8, 4) is 11.1 Å². The molecule has 0 aliphatic heterocycles. The molecule has 0 unspecified atom stereocenters. The predicted molar refractivity (Wildman–Crippen MR) is 154 cm³/mol. The van der Waals surface area contributed by atoms with Crippen LogP contribution in [0.4, 0.5) is 0 Å². The van der Waals surface area contributed by atoms with E-state index >= 15 is 0 Å². The molecule has 196 valence electrons. The molecule has 0 spiro atoms. The van der Waals surface area contributed by atoms with Crippen molar-refractivity contribution in [2.24, 2.45) is 14.1 Å². The highest BCUT2D eigenvalue weighted by Crippen LogP contribution is 2.42. The van der Waals surface area contributed by atoms with Gasteiger partial charge in [-0.15, -0.1) is 0 Å². The summed E-state index contributed by atoms with van der Waals surface area (Å²) in [6, 6.07) is 21.7. The summed E-state index contributed by atoms with van der Waals surface area (Å²) in [5.74, 6) is 0. The van der Waals surface area contributed by atoms with E-state index in [1.165, 1.54) is 22.5 Å². The third kappa shape index (κ3) is 4.03. The van der Waals surface area contributed by atoms with Gasteiger partial charge in [-0.05, 0) is 43.3 Å². The first kappa shape index (κ1) is 25.0. The zero-order chi connectivity index (χ0) is 27.5. The second kappa shape index (κ2) is 9.18. The van der Waals surface area contributed by atoms with E-state index in [-0.39, 0.29) is 16.1 Å². The van der Waals surface area contributed by atoms with Crippen LogP contribution in [-0.4, -0.2) is 26.5 Å². The lowest BCUT2D eigenvalue weighted by atomic mass is 10.0. The van der Waals surface area contributed by atoms with Crippen molar-refractivity contribution in [3.05, 3.63) is 112 Å². The maximum Gasteiger partial charge on any atom is 0.326 e. The third-order valence-corrected chi connectivity index (χ3v) is 9.68. The third-order valence-electron chi connectivity index (χ3n) is 6.85. The number of nitrogens with zero attached hydrogens (tertiary/aromatic N) is 3. The van der Waals surface area contributed by atoms with Crippen molar-refractivity contribution >= 4 is 43.7 Å². The van der Waals surface area contributed by atoms with Gasteiger partial charge in [0.05, 0.1) is 15.9 Å². The highest BCUT2D eigenvalue weighted by atomic mass is 32.2.